The fourth-order valence-electron chi connectivity index (χ4n) is 2.91. The molecule has 2 atom stereocenters. The lowest BCUT2D eigenvalue weighted by Gasteiger charge is -2.38. The van der Waals surface area contributed by atoms with E-state index in [-0.39, 0.29) is 12.1 Å². The summed E-state index contributed by atoms with van der Waals surface area (Å²) >= 11 is 6.38. The van der Waals surface area contributed by atoms with E-state index in [1.165, 1.54) is 0 Å². The maximum Gasteiger partial charge on any atom is 0.125 e. The lowest BCUT2D eigenvalue weighted by molar-refractivity contribution is 0.0151. The Hall–Kier alpha value is -0.810. The van der Waals surface area contributed by atoms with Gasteiger partial charge in [0, 0.05) is 30.8 Å². The lowest BCUT2D eigenvalue weighted by atomic mass is 9.99. The van der Waals surface area contributed by atoms with Crippen molar-refractivity contribution in [2.75, 3.05) is 33.9 Å². The number of hydrogen-bond donors (Lipinski definition) is 1. The van der Waals surface area contributed by atoms with Gasteiger partial charge in [-0.2, -0.15) is 0 Å². The number of nitrogens with zero attached hydrogens (tertiary/aromatic N) is 1. The standard InChI is InChI=1S/C15H23ClN2O2/c1-19-11-5-4-8-18(10-11)13(9-17)15-12(16)6-3-7-14(15)20-2/h3,6-7,11,13H,4-5,8-10,17H2,1-2H3. The molecule has 1 aliphatic rings. The van der Waals surface area contributed by atoms with Gasteiger partial charge in [0.05, 0.1) is 19.3 Å². The molecule has 1 aliphatic heterocycles. The van der Waals surface area contributed by atoms with Crippen LogP contribution in [-0.2, 0) is 4.74 Å². The molecule has 0 amide bonds. The Morgan fingerprint density at radius 3 is 2.90 bits per heavy atom. The van der Waals surface area contributed by atoms with Gasteiger partial charge in [-0.3, -0.25) is 4.90 Å². The van der Waals surface area contributed by atoms with Crippen LogP contribution in [-0.4, -0.2) is 44.9 Å². The van der Waals surface area contributed by atoms with Gasteiger partial charge in [-0.05, 0) is 31.5 Å². The van der Waals surface area contributed by atoms with Gasteiger partial charge in [0.1, 0.15) is 5.75 Å². The van der Waals surface area contributed by atoms with E-state index in [1.807, 2.05) is 18.2 Å². The summed E-state index contributed by atoms with van der Waals surface area (Å²) in [5.41, 5.74) is 7.00. The number of ether oxygens (including phenoxy) is 2. The van der Waals surface area contributed by atoms with Crippen LogP contribution in [0.1, 0.15) is 24.4 Å². The summed E-state index contributed by atoms with van der Waals surface area (Å²) in [6, 6.07) is 5.78. The minimum atomic E-state index is 0.0663. The Morgan fingerprint density at radius 2 is 2.25 bits per heavy atom. The van der Waals surface area contributed by atoms with Crippen molar-refractivity contribution < 1.29 is 9.47 Å². The molecular weight excluding hydrogens is 276 g/mol. The van der Waals surface area contributed by atoms with Crippen LogP contribution in [0, 0.1) is 0 Å². The molecule has 20 heavy (non-hydrogen) atoms. The fraction of sp³-hybridized carbons (Fsp3) is 0.600. The van der Waals surface area contributed by atoms with E-state index in [0.29, 0.717) is 11.6 Å². The fourth-order valence-corrected chi connectivity index (χ4v) is 3.20. The number of likely N-dealkylation sites (tertiary alicyclic amines) is 1. The number of halogens is 1. The van der Waals surface area contributed by atoms with E-state index in [9.17, 15) is 0 Å². The smallest absolute Gasteiger partial charge is 0.125 e. The van der Waals surface area contributed by atoms with Crippen LogP contribution in [0.3, 0.4) is 0 Å². The van der Waals surface area contributed by atoms with E-state index >= 15 is 0 Å². The Kier molecular flexibility index (Phi) is 5.66. The highest BCUT2D eigenvalue weighted by Gasteiger charge is 2.29. The second kappa shape index (κ2) is 7.27. The first-order chi connectivity index (χ1) is 9.71. The molecule has 0 spiro atoms. The summed E-state index contributed by atoms with van der Waals surface area (Å²) in [7, 11) is 3.43. The van der Waals surface area contributed by atoms with E-state index < -0.39 is 0 Å². The van der Waals surface area contributed by atoms with Gasteiger partial charge < -0.3 is 15.2 Å². The van der Waals surface area contributed by atoms with Gasteiger partial charge in [0.15, 0.2) is 0 Å². The van der Waals surface area contributed by atoms with Gasteiger partial charge in [-0.1, -0.05) is 17.7 Å². The van der Waals surface area contributed by atoms with Gasteiger partial charge in [-0.15, -0.1) is 0 Å². The van der Waals surface area contributed by atoms with Crippen LogP contribution in [0.15, 0.2) is 18.2 Å². The topological polar surface area (TPSA) is 47.7 Å². The van der Waals surface area contributed by atoms with Crippen molar-refractivity contribution in [3.8, 4) is 5.75 Å². The first-order valence-electron chi connectivity index (χ1n) is 7.00. The quantitative estimate of drug-likeness (QED) is 0.907. The van der Waals surface area contributed by atoms with Crippen LogP contribution in [0.2, 0.25) is 5.02 Å². The van der Waals surface area contributed by atoms with Crippen molar-refractivity contribution in [2.24, 2.45) is 5.73 Å². The molecule has 4 nitrogen and oxygen atoms in total. The zero-order chi connectivity index (χ0) is 14.5. The summed E-state index contributed by atoms with van der Waals surface area (Å²) in [5.74, 6) is 0.799. The maximum absolute atomic E-state index is 6.38. The SMILES string of the molecule is COc1cccc(Cl)c1C(CN)N1CCCC(OC)C1. The van der Waals surface area contributed by atoms with Crippen LogP contribution in [0.25, 0.3) is 0 Å². The zero-order valence-electron chi connectivity index (χ0n) is 12.1. The molecule has 0 bridgehead atoms. The van der Waals surface area contributed by atoms with Crippen LogP contribution < -0.4 is 10.5 Å². The van der Waals surface area contributed by atoms with Gasteiger partial charge in [-0.25, -0.2) is 0 Å². The van der Waals surface area contributed by atoms with E-state index in [4.69, 9.17) is 26.8 Å². The molecule has 0 saturated carbocycles. The Balaban J connectivity index is 2.28. The summed E-state index contributed by atoms with van der Waals surface area (Å²) in [4.78, 5) is 2.35. The second-order valence-electron chi connectivity index (χ2n) is 5.10. The highest BCUT2D eigenvalue weighted by atomic mass is 35.5. The van der Waals surface area contributed by atoms with Crippen LogP contribution in [0.5, 0.6) is 5.75 Å². The number of methoxy groups -OCH3 is 2. The highest BCUT2D eigenvalue weighted by molar-refractivity contribution is 6.31. The molecule has 1 aromatic carbocycles. The molecule has 1 aromatic rings. The number of benzene rings is 1. The van der Waals surface area contributed by atoms with Crippen molar-refractivity contribution in [3.05, 3.63) is 28.8 Å². The highest BCUT2D eigenvalue weighted by Crippen LogP contribution is 2.36. The summed E-state index contributed by atoms with van der Waals surface area (Å²) in [6.07, 6.45) is 2.48. The summed E-state index contributed by atoms with van der Waals surface area (Å²) in [6.45, 7) is 2.40. The third-order valence-corrected chi connectivity index (χ3v) is 4.30. The predicted molar refractivity (Wildman–Crippen MR) is 81.4 cm³/mol. The third-order valence-electron chi connectivity index (χ3n) is 3.97. The van der Waals surface area contributed by atoms with Gasteiger partial charge in [0.2, 0.25) is 0 Å². The number of piperidine rings is 1. The molecule has 0 aromatic heterocycles. The molecule has 2 rings (SSSR count). The van der Waals surface area contributed by atoms with Crippen molar-refractivity contribution in [1.82, 2.24) is 4.90 Å². The van der Waals surface area contributed by atoms with Crippen LogP contribution in [0.4, 0.5) is 0 Å². The monoisotopic (exact) mass is 298 g/mol. The Bertz CT molecular complexity index is 442. The van der Waals surface area contributed by atoms with E-state index in [0.717, 1.165) is 37.2 Å². The predicted octanol–water partition coefficient (Wildman–Crippen LogP) is 2.46. The Labute approximate surface area is 125 Å². The number of nitrogens with two attached hydrogens (primary N) is 1. The normalized spacial score (nSPS) is 21.7. The number of rotatable bonds is 5. The first-order valence-corrected chi connectivity index (χ1v) is 7.38. The van der Waals surface area contributed by atoms with Crippen LogP contribution >= 0.6 is 11.6 Å². The Morgan fingerprint density at radius 1 is 1.45 bits per heavy atom. The van der Waals surface area contributed by atoms with Crippen molar-refractivity contribution >= 4 is 11.6 Å². The molecule has 1 heterocycles. The molecule has 0 aliphatic carbocycles. The van der Waals surface area contributed by atoms with Gasteiger partial charge >= 0.3 is 0 Å². The third kappa shape index (κ3) is 3.26. The molecule has 1 saturated heterocycles. The average Bonchev–Trinajstić information content (AvgIpc) is 2.49. The van der Waals surface area contributed by atoms with E-state index in [1.54, 1.807) is 14.2 Å². The molecule has 2 unspecified atom stereocenters. The first kappa shape index (κ1) is 15.6. The summed E-state index contributed by atoms with van der Waals surface area (Å²) < 4.78 is 10.9. The van der Waals surface area contributed by atoms with Gasteiger partial charge in [0.25, 0.3) is 0 Å². The molecular formula is C15H23ClN2O2. The second-order valence-corrected chi connectivity index (χ2v) is 5.51. The molecule has 1 fully saturated rings. The number of hydrogen-bond acceptors (Lipinski definition) is 4. The van der Waals surface area contributed by atoms with Crippen molar-refractivity contribution in [3.63, 3.8) is 0 Å². The molecule has 2 N–H and O–H groups in total. The zero-order valence-corrected chi connectivity index (χ0v) is 12.9. The van der Waals surface area contributed by atoms with E-state index in [2.05, 4.69) is 4.90 Å². The average molecular weight is 299 g/mol. The molecule has 5 heteroatoms. The largest absolute Gasteiger partial charge is 0.496 e. The maximum atomic E-state index is 6.38. The summed E-state index contributed by atoms with van der Waals surface area (Å²) in [5, 5.41) is 0.708. The minimum absolute atomic E-state index is 0.0663. The molecule has 0 radical (unpaired) electrons. The minimum Gasteiger partial charge on any atom is -0.496 e. The van der Waals surface area contributed by atoms with Crippen molar-refractivity contribution in [1.29, 1.82) is 0 Å². The molecule has 112 valence electrons. The lowest BCUT2D eigenvalue weighted by Crippen LogP contribution is -2.43. The van der Waals surface area contributed by atoms with Crippen molar-refractivity contribution in [2.45, 2.75) is 25.0 Å².